The van der Waals surface area contributed by atoms with Gasteiger partial charge in [0.15, 0.2) is 0 Å². The molecule has 0 unspecified atom stereocenters. The van der Waals surface area contributed by atoms with Crippen LogP contribution in [0.3, 0.4) is 0 Å². The molecule has 2 amide bonds. The highest BCUT2D eigenvalue weighted by molar-refractivity contribution is 6.07. The van der Waals surface area contributed by atoms with Crippen LogP contribution in [0.5, 0.6) is 5.75 Å². The van der Waals surface area contributed by atoms with Crippen LogP contribution in [0.25, 0.3) is 0 Å². The van der Waals surface area contributed by atoms with Crippen molar-refractivity contribution in [3.8, 4) is 5.75 Å². The zero-order chi connectivity index (χ0) is 21.7. The van der Waals surface area contributed by atoms with E-state index in [-0.39, 0.29) is 29.8 Å². The van der Waals surface area contributed by atoms with E-state index in [0.29, 0.717) is 24.0 Å². The lowest BCUT2D eigenvalue weighted by atomic mass is 9.86. The fraction of sp³-hybridized carbons (Fsp3) is 0.440. The number of hydrogen-bond acceptors (Lipinski definition) is 4. The zero-order valence-electron chi connectivity index (χ0n) is 17.9. The van der Waals surface area contributed by atoms with E-state index in [4.69, 9.17) is 9.84 Å². The number of amides is 2. The lowest BCUT2D eigenvalue weighted by Crippen LogP contribution is -2.51. The van der Waals surface area contributed by atoms with Gasteiger partial charge in [-0.05, 0) is 62.5 Å². The van der Waals surface area contributed by atoms with Crippen molar-refractivity contribution in [2.24, 2.45) is 11.0 Å². The number of nitrogens with one attached hydrogen (secondary N) is 1. The third-order valence-electron chi connectivity index (χ3n) is 7.05. The molecule has 6 nitrogen and oxygen atoms in total. The minimum Gasteiger partial charge on any atom is -0.492 e. The first kappa shape index (κ1) is 19.7. The van der Waals surface area contributed by atoms with Crippen molar-refractivity contribution >= 4 is 11.7 Å². The highest BCUT2D eigenvalue weighted by atomic mass is 19.1. The Kier molecular flexibility index (Phi) is 4.86. The number of carbonyl (C=O) groups is 1. The van der Waals surface area contributed by atoms with Crippen molar-refractivity contribution < 1.29 is 13.9 Å². The lowest BCUT2D eigenvalue weighted by Gasteiger charge is -2.38. The number of halogens is 1. The second-order valence-electron chi connectivity index (χ2n) is 9.15. The Hall–Kier alpha value is -2.93. The predicted octanol–water partition coefficient (Wildman–Crippen LogP) is 3.93. The summed E-state index contributed by atoms with van der Waals surface area (Å²) in [4.78, 5) is 16.1. The van der Waals surface area contributed by atoms with Crippen LogP contribution >= 0.6 is 0 Å². The Bertz CT molecular complexity index is 1050. The van der Waals surface area contributed by atoms with Crippen LogP contribution in [0.2, 0.25) is 0 Å². The van der Waals surface area contributed by atoms with Crippen LogP contribution in [0, 0.1) is 11.7 Å². The molecule has 0 radical (unpaired) electrons. The van der Waals surface area contributed by atoms with Gasteiger partial charge in [-0.2, -0.15) is 5.10 Å². The molecule has 4 aliphatic rings. The van der Waals surface area contributed by atoms with Gasteiger partial charge in [0.05, 0.1) is 24.3 Å². The minimum absolute atomic E-state index is 0.0342. The molecule has 32 heavy (non-hydrogen) atoms. The summed E-state index contributed by atoms with van der Waals surface area (Å²) >= 11 is 0. The summed E-state index contributed by atoms with van der Waals surface area (Å²) in [6, 6.07) is 14.8. The van der Waals surface area contributed by atoms with Gasteiger partial charge < -0.3 is 15.0 Å². The summed E-state index contributed by atoms with van der Waals surface area (Å²) in [5, 5.41) is 9.94. The second-order valence-corrected chi connectivity index (χ2v) is 9.15. The Morgan fingerprint density at radius 3 is 2.56 bits per heavy atom. The van der Waals surface area contributed by atoms with Crippen molar-refractivity contribution in [2.75, 3.05) is 19.7 Å². The normalized spacial score (nSPS) is 24.9. The third kappa shape index (κ3) is 3.35. The molecule has 2 aromatic carbocycles. The molecule has 7 heteroatoms. The topological polar surface area (TPSA) is 57.2 Å². The number of carbonyl (C=O) groups excluding carboxylic acids is 1. The van der Waals surface area contributed by atoms with Gasteiger partial charge in [0, 0.05) is 17.6 Å². The Balaban J connectivity index is 1.41. The minimum atomic E-state index is -0.328. The van der Waals surface area contributed by atoms with E-state index in [1.165, 1.54) is 12.1 Å². The van der Waals surface area contributed by atoms with Crippen LogP contribution in [0.15, 0.2) is 53.6 Å². The van der Waals surface area contributed by atoms with Gasteiger partial charge in [0.25, 0.3) is 0 Å². The fourth-order valence-electron chi connectivity index (χ4n) is 5.36. The first-order valence-electron chi connectivity index (χ1n) is 11.6. The Labute approximate surface area is 187 Å². The summed E-state index contributed by atoms with van der Waals surface area (Å²) in [5.74, 6) is 0.163. The molecule has 0 spiro atoms. The quantitative estimate of drug-likeness (QED) is 0.796. The van der Waals surface area contributed by atoms with Gasteiger partial charge >= 0.3 is 6.03 Å². The average molecular weight is 435 g/mol. The van der Waals surface area contributed by atoms with Crippen LogP contribution in [0.1, 0.15) is 42.9 Å². The van der Waals surface area contributed by atoms with E-state index in [2.05, 4.69) is 10.2 Å². The number of piperidine rings is 1. The number of hydrogen-bond donors (Lipinski definition) is 1. The summed E-state index contributed by atoms with van der Waals surface area (Å²) < 4.78 is 20.1. The van der Waals surface area contributed by atoms with Crippen LogP contribution in [-0.2, 0) is 0 Å². The number of benzene rings is 2. The maximum atomic E-state index is 14.1. The molecule has 1 N–H and O–H groups in total. The third-order valence-corrected chi connectivity index (χ3v) is 7.05. The van der Waals surface area contributed by atoms with Gasteiger partial charge in [-0.15, -0.1) is 0 Å². The number of urea groups is 1. The molecule has 3 aliphatic heterocycles. The van der Waals surface area contributed by atoms with Gasteiger partial charge in [0.1, 0.15) is 11.6 Å². The second kappa shape index (κ2) is 7.89. The molecule has 2 atom stereocenters. The summed E-state index contributed by atoms with van der Waals surface area (Å²) in [6.45, 7) is 2.28. The van der Waals surface area contributed by atoms with Crippen molar-refractivity contribution in [3.63, 3.8) is 0 Å². The number of rotatable bonds is 3. The van der Waals surface area contributed by atoms with E-state index < -0.39 is 0 Å². The summed E-state index contributed by atoms with van der Waals surface area (Å²) in [6.07, 6.45) is 4.03. The molecular weight excluding hydrogens is 407 g/mol. The highest BCUT2D eigenvalue weighted by Crippen LogP contribution is 2.44. The van der Waals surface area contributed by atoms with E-state index >= 15 is 0 Å². The summed E-state index contributed by atoms with van der Waals surface area (Å²) in [7, 11) is 0. The van der Waals surface area contributed by atoms with E-state index in [1.807, 2.05) is 30.3 Å². The number of ether oxygens (including phenoxy) is 1. The molecular formula is C25H27FN4O2. The van der Waals surface area contributed by atoms with Crippen molar-refractivity contribution in [1.82, 2.24) is 15.2 Å². The molecule has 6 rings (SSSR count). The van der Waals surface area contributed by atoms with E-state index in [9.17, 15) is 9.18 Å². The van der Waals surface area contributed by atoms with Gasteiger partial charge in [0.2, 0.25) is 0 Å². The standard InChI is InChI=1S/C25H27FN4O2/c26-17-6-9-22-20(14-17)23-21(15-32-22)24(16-4-2-1-3-5-16)30(28-23)25(31)29(18-7-8-18)19-10-12-27-13-11-19/h1-6,9,14,18-19,21,24,27H,7-8,10-13,15H2/t21-,24+/m0/s1. The lowest BCUT2D eigenvalue weighted by molar-refractivity contribution is 0.0985. The number of hydrazone groups is 1. The predicted molar refractivity (Wildman–Crippen MR) is 119 cm³/mol. The SMILES string of the molecule is O=C(N(C1CCNCC1)C1CC1)N1N=C2c3cc(F)ccc3OC[C@@H]2[C@H]1c1ccccc1. The first-order chi connectivity index (χ1) is 15.7. The molecule has 166 valence electrons. The van der Waals surface area contributed by atoms with Crippen LogP contribution in [-0.4, -0.2) is 53.4 Å². The molecule has 0 aromatic heterocycles. The first-order valence-corrected chi connectivity index (χ1v) is 11.6. The van der Waals surface area contributed by atoms with E-state index in [0.717, 1.165) is 50.0 Å². The Morgan fingerprint density at radius 2 is 1.81 bits per heavy atom. The molecule has 1 saturated heterocycles. The van der Waals surface area contributed by atoms with Crippen molar-refractivity contribution in [2.45, 2.75) is 43.8 Å². The Morgan fingerprint density at radius 1 is 1.06 bits per heavy atom. The smallest absolute Gasteiger partial charge is 0.341 e. The maximum Gasteiger partial charge on any atom is 0.341 e. The van der Waals surface area contributed by atoms with Crippen LogP contribution in [0.4, 0.5) is 9.18 Å². The maximum absolute atomic E-state index is 14.1. The van der Waals surface area contributed by atoms with Gasteiger partial charge in [-0.1, -0.05) is 30.3 Å². The molecule has 1 saturated carbocycles. The summed E-state index contributed by atoms with van der Waals surface area (Å²) in [5.41, 5.74) is 2.42. The average Bonchev–Trinajstić information content (AvgIpc) is 3.58. The largest absolute Gasteiger partial charge is 0.492 e. The van der Waals surface area contributed by atoms with Crippen molar-refractivity contribution in [3.05, 3.63) is 65.5 Å². The van der Waals surface area contributed by atoms with Gasteiger partial charge in [-0.25, -0.2) is 14.2 Å². The highest BCUT2D eigenvalue weighted by Gasteiger charge is 2.49. The van der Waals surface area contributed by atoms with Gasteiger partial charge in [-0.3, -0.25) is 0 Å². The molecule has 2 fully saturated rings. The monoisotopic (exact) mass is 434 g/mol. The zero-order valence-corrected chi connectivity index (χ0v) is 17.9. The fourth-order valence-corrected chi connectivity index (χ4v) is 5.36. The molecule has 1 aliphatic carbocycles. The molecule has 2 aromatic rings. The molecule has 3 heterocycles. The van der Waals surface area contributed by atoms with E-state index in [1.54, 1.807) is 11.1 Å². The number of nitrogens with zero attached hydrogens (tertiary/aromatic N) is 3. The van der Waals surface area contributed by atoms with Crippen molar-refractivity contribution in [1.29, 1.82) is 0 Å². The van der Waals surface area contributed by atoms with Crippen LogP contribution < -0.4 is 10.1 Å². The number of fused-ring (bicyclic) bond motifs is 3. The molecule has 0 bridgehead atoms.